The molecule has 0 fully saturated rings. The third-order valence-electron chi connectivity index (χ3n) is 1.52. The van der Waals surface area contributed by atoms with Crippen LogP contribution in [0.4, 0.5) is 13.2 Å². The number of halogens is 3. The molecule has 0 aliphatic rings. The zero-order valence-electron chi connectivity index (χ0n) is 6.71. The van der Waals surface area contributed by atoms with Crippen molar-refractivity contribution in [3.63, 3.8) is 0 Å². The van der Waals surface area contributed by atoms with Crippen LogP contribution in [0.15, 0.2) is 0 Å². The fraction of sp³-hybridized carbons (Fsp3) is 1.00. The van der Waals surface area contributed by atoms with E-state index in [1.807, 2.05) is 0 Å². The first kappa shape index (κ1) is 9.79. The molecule has 0 unspecified atom stereocenters. The number of hydrogen-bond donors (Lipinski definition) is 0. The van der Waals surface area contributed by atoms with Crippen LogP contribution >= 0.6 is 0 Å². The van der Waals surface area contributed by atoms with Crippen molar-refractivity contribution >= 4 is 0 Å². The Morgan fingerprint density at radius 2 is 1.30 bits per heavy atom. The maximum atomic E-state index is 12.7. The first-order valence-corrected chi connectivity index (χ1v) is 3.26. The molecule has 0 aromatic rings. The van der Waals surface area contributed by atoms with E-state index in [4.69, 9.17) is 0 Å². The van der Waals surface area contributed by atoms with Gasteiger partial charge >= 0.3 is 0 Å². The molecular formula is C7H13F3. The lowest BCUT2D eigenvalue weighted by Gasteiger charge is -2.29. The van der Waals surface area contributed by atoms with Crippen LogP contribution in [-0.2, 0) is 0 Å². The zero-order valence-corrected chi connectivity index (χ0v) is 6.71. The highest BCUT2D eigenvalue weighted by Crippen LogP contribution is 2.37. The van der Waals surface area contributed by atoms with E-state index < -0.39 is 17.5 Å². The third-order valence-corrected chi connectivity index (χ3v) is 1.52. The lowest BCUT2D eigenvalue weighted by molar-refractivity contribution is -0.150. The van der Waals surface area contributed by atoms with Crippen molar-refractivity contribution in [2.24, 2.45) is 5.92 Å². The molecule has 0 aromatic heterocycles. The van der Waals surface area contributed by atoms with Crippen LogP contribution < -0.4 is 0 Å². The van der Waals surface area contributed by atoms with Gasteiger partial charge in [0, 0.05) is 5.92 Å². The van der Waals surface area contributed by atoms with Gasteiger partial charge in [-0.1, -0.05) is 13.8 Å². The smallest absolute Gasteiger partial charge is 0.238 e. The Bertz CT molecular complexity index is 111. The van der Waals surface area contributed by atoms with Gasteiger partial charge in [0.05, 0.1) is 0 Å². The van der Waals surface area contributed by atoms with Crippen molar-refractivity contribution in [3.8, 4) is 0 Å². The molecule has 0 amide bonds. The normalized spacial score (nSPS) is 14.4. The highest BCUT2D eigenvalue weighted by atomic mass is 19.3. The van der Waals surface area contributed by atoms with Gasteiger partial charge in [0.2, 0.25) is 0 Å². The van der Waals surface area contributed by atoms with Crippen molar-refractivity contribution in [3.05, 3.63) is 0 Å². The van der Waals surface area contributed by atoms with Crippen molar-refractivity contribution in [1.82, 2.24) is 0 Å². The van der Waals surface area contributed by atoms with E-state index in [1.54, 1.807) is 0 Å². The summed E-state index contributed by atoms with van der Waals surface area (Å²) in [6, 6.07) is 0. The van der Waals surface area contributed by atoms with Gasteiger partial charge in [0.15, 0.2) is 5.67 Å². The summed E-state index contributed by atoms with van der Waals surface area (Å²) in [4.78, 5) is 0. The molecule has 0 atom stereocenters. The fourth-order valence-electron chi connectivity index (χ4n) is 0.686. The van der Waals surface area contributed by atoms with E-state index in [-0.39, 0.29) is 0 Å². The molecule has 0 aliphatic heterocycles. The van der Waals surface area contributed by atoms with Crippen LogP contribution in [0.3, 0.4) is 0 Å². The van der Waals surface area contributed by atoms with Crippen molar-refractivity contribution in [2.75, 3.05) is 0 Å². The van der Waals surface area contributed by atoms with Crippen LogP contribution in [0.5, 0.6) is 0 Å². The van der Waals surface area contributed by atoms with Gasteiger partial charge in [-0.3, -0.25) is 0 Å². The maximum absolute atomic E-state index is 12.7. The van der Waals surface area contributed by atoms with Gasteiger partial charge in [-0.25, -0.2) is 13.2 Å². The number of rotatable bonds is 2. The predicted octanol–water partition coefficient (Wildman–Crippen LogP) is 3.03. The topological polar surface area (TPSA) is 0 Å². The van der Waals surface area contributed by atoms with Gasteiger partial charge in [-0.2, -0.15) is 0 Å². The van der Waals surface area contributed by atoms with E-state index in [1.165, 1.54) is 13.8 Å². The molecule has 0 N–H and O–H groups in total. The average Bonchev–Trinajstić information content (AvgIpc) is 1.62. The molecule has 0 spiro atoms. The highest BCUT2D eigenvalue weighted by molar-refractivity contribution is 4.87. The molecule has 0 aliphatic carbocycles. The summed E-state index contributed by atoms with van der Waals surface area (Å²) in [5, 5.41) is 0. The quantitative estimate of drug-likeness (QED) is 0.573. The molecule has 0 radical (unpaired) electrons. The van der Waals surface area contributed by atoms with Crippen LogP contribution in [-0.4, -0.2) is 11.6 Å². The van der Waals surface area contributed by atoms with E-state index in [2.05, 4.69) is 0 Å². The monoisotopic (exact) mass is 154 g/mol. The zero-order chi connectivity index (χ0) is 8.58. The Morgan fingerprint density at radius 3 is 1.30 bits per heavy atom. The summed E-state index contributed by atoms with van der Waals surface area (Å²) in [6.07, 6.45) is 0. The van der Waals surface area contributed by atoms with Crippen molar-refractivity contribution in [1.29, 1.82) is 0 Å². The second-order valence-electron chi connectivity index (χ2n) is 3.25. The molecule has 0 heterocycles. The Kier molecular flexibility index (Phi) is 2.39. The Hall–Kier alpha value is -0.210. The minimum atomic E-state index is -3.23. The van der Waals surface area contributed by atoms with Gasteiger partial charge in [0.1, 0.15) is 0 Å². The standard InChI is InChI=1S/C7H13F3/c1-5(2)7(9,10)6(3,4)8/h5H,1-4H3. The van der Waals surface area contributed by atoms with Gasteiger partial charge < -0.3 is 0 Å². The molecule has 0 saturated carbocycles. The average molecular weight is 154 g/mol. The first-order chi connectivity index (χ1) is 4.19. The summed E-state index contributed by atoms with van der Waals surface area (Å²) in [5.41, 5.74) is -2.42. The molecule has 0 nitrogen and oxygen atoms in total. The first-order valence-electron chi connectivity index (χ1n) is 3.26. The molecular weight excluding hydrogens is 141 g/mol. The second kappa shape index (κ2) is 2.44. The number of hydrogen-bond acceptors (Lipinski definition) is 0. The summed E-state index contributed by atoms with van der Waals surface area (Å²) < 4.78 is 38.0. The van der Waals surface area contributed by atoms with Crippen molar-refractivity contribution < 1.29 is 13.2 Å². The van der Waals surface area contributed by atoms with E-state index >= 15 is 0 Å². The molecule has 0 bridgehead atoms. The molecule has 0 rings (SSSR count). The largest absolute Gasteiger partial charge is 0.283 e. The molecule has 3 heteroatoms. The van der Waals surface area contributed by atoms with Crippen molar-refractivity contribution in [2.45, 2.75) is 39.3 Å². The Balaban J connectivity index is 4.40. The van der Waals surface area contributed by atoms with Gasteiger partial charge in [-0.15, -0.1) is 0 Å². The minimum Gasteiger partial charge on any atom is -0.238 e. The Morgan fingerprint density at radius 1 is 1.00 bits per heavy atom. The van der Waals surface area contributed by atoms with Gasteiger partial charge in [-0.05, 0) is 13.8 Å². The maximum Gasteiger partial charge on any atom is 0.283 e. The van der Waals surface area contributed by atoms with Crippen LogP contribution in [0, 0.1) is 5.92 Å². The summed E-state index contributed by atoms with van der Waals surface area (Å²) in [7, 11) is 0. The molecule has 10 heavy (non-hydrogen) atoms. The lowest BCUT2D eigenvalue weighted by atomic mass is 9.92. The summed E-state index contributed by atoms with van der Waals surface area (Å²) in [5.74, 6) is -4.18. The van der Waals surface area contributed by atoms with Crippen LogP contribution in [0.1, 0.15) is 27.7 Å². The summed E-state index contributed by atoms with van der Waals surface area (Å²) >= 11 is 0. The lowest BCUT2D eigenvalue weighted by Crippen LogP contribution is -2.43. The second-order valence-corrected chi connectivity index (χ2v) is 3.25. The predicted molar refractivity (Wildman–Crippen MR) is 35.0 cm³/mol. The minimum absolute atomic E-state index is 0.896. The number of alkyl halides is 3. The third kappa shape index (κ3) is 1.64. The molecule has 62 valence electrons. The van der Waals surface area contributed by atoms with Gasteiger partial charge in [0.25, 0.3) is 5.92 Å². The van der Waals surface area contributed by atoms with E-state index in [0.29, 0.717) is 0 Å². The SMILES string of the molecule is CC(C)C(F)(F)C(C)(C)F. The Labute approximate surface area is 59.4 Å². The molecule has 0 aromatic carbocycles. The van der Waals surface area contributed by atoms with E-state index in [0.717, 1.165) is 13.8 Å². The molecule has 0 saturated heterocycles. The van der Waals surface area contributed by atoms with E-state index in [9.17, 15) is 13.2 Å². The van der Waals surface area contributed by atoms with Crippen LogP contribution in [0.2, 0.25) is 0 Å². The highest BCUT2D eigenvalue weighted by Gasteiger charge is 2.49. The fourth-order valence-corrected chi connectivity index (χ4v) is 0.686. The summed E-state index contributed by atoms with van der Waals surface area (Å²) in [6.45, 7) is 4.41. The van der Waals surface area contributed by atoms with Crippen LogP contribution in [0.25, 0.3) is 0 Å².